The van der Waals surface area contributed by atoms with Gasteiger partial charge in [-0.15, -0.1) is 0 Å². The largest absolute Gasteiger partial charge is 0.443 e. The Hall–Kier alpha value is -11.8. The van der Waals surface area contributed by atoms with E-state index >= 15 is 0 Å². The number of hydrogen-bond acceptors (Lipinski definition) is 20. The average molecular weight is 1910 g/mol. The molecule has 4 aliphatic rings. The number of benzene rings is 2. The fraction of sp³-hybridized carbons (Fsp3) is 0.510. The maximum atomic E-state index is 14.0. The fourth-order valence-corrected chi connectivity index (χ4v) is 20.4. The number of aromatic amines is 1. The number of carbonyl (C=O) groups is 5. The van der Waals surface area contributed by atoms with E-state index < -0.39 is 94.3 Å². The van der Waals surface area contributed by atoms with Crippen LogP contribution in [0, 0.1) is 45.3 Å². The van der Waals surface area contributed by atoms with E-state index in [-0.39, 0.29) is 93.4 Å². The number of halogens is 12. The van der Waals surface area contributed by atoms with Crippen molar-refractivity contribution in [2.75, 3.05) is 6.54 Å². The van der Waals surface area contributed by atoms with E-state index in [1.807, 2.05) is 127 Å². The Kier molecular flexibility index (Phi) is 33.7. The van der Waals surface area contributed by atoms with Gasteiger partial charge in [-0.1, -0.05) is 65.4 Å². The zero-order valence-electron chi connectivity index (χ0n) is 77.6. The zero-order chi connectivity index (χ0) is 98.2. The summed E-state index contributed by atoms with van der Waals surface area (Å²) in [5, 5.41) is 30.7. The van der Waals surface area contributed by atoms with Crippen LogP contribution in [0.5, 0.6) is 0 Å². The van der Waals surface area contributed by atoms with Crippen LogP contribution < -0.4 is 5.32 Å². The van der Waals surface area contributed by atoms with E-state index in [1.54, 1.807) is 65.3 Å². The average Bonchev–Trinajstić information content (AvgIpc) is 1.72. The van der Waals surface area contributed by atoms with Gasteiger partial charge in [0.15, 0.2) is 28.5 Å². The molecule has 135 heavy (non-hydrogen) atoms. The molecule has 11 aromatic rings. The monoisotopic (exact) mass is 1910 g/mol. The summed E-state index contributed by atoms with van der Waals surface area (Å²) >= 11 is 0. The van der Waals surface area contributed by atoms with Crippen molar-refractivity contribution < 1.29 is 95.3 Å². The van der Waals surface area contributed by atoms with Gasteiger partial charge >= 0.3 is 42.6 Å². The van der Waals surface area contributed by atoms with Gasteiger partial charge in [-0.25, -0.2) is 29.9 Å². The minimum absolute atomic E-state index is 0.00316. The Morgan fingerprint density at radius 1 is 0.496 bits per heavy atom. The molecule has 0 radical (unpaired) electrons. The lowest BCUT2D eigenvalue weighted by atomic mass is 9.77. The molecule has 4 fully saturated rings. The lowest BCUT2D eigenvalue weighted by molar-refractivity contribution is -0.157. The van der Waals surface area contributed by atoms with Gasteiger partial charge in [-0.05, 0) is 228 Å². The molecule has 39 heteroatoms. The molecule has 26 nitrogen and oxygen atoms in total. The third kappa shape index (κ3) is 25.7. The van der Waals surface area contributed by atoms with Gasteiger partial charge in [0.25, 0.3) is 0 Å². The summed E-state index contributed by atoms with van der Waals surface area (Å²) in [7, 11) is -3.20. The molecule has 0 spiro atoms. The van der Waals surface area contributed by atoms with Crippen molar-refractivity contribution in [2.24, 2.45) is 34.0 Å². The second-order valence-corrected chi connectivity index (χ2v) is 42.1. The Bertz CT molecular complexity index is 5750. The minimum Gasteiger partial charge on any atom is -0.443 e. The number of H-pyrrole nitrogens is 1. The molecule has 9 aromatic heterocycles. The third-order valence-electron chi connectivity index (χ3n) is 25.0. The van der Waals surface area contributed by atoms with Gasteiger partial charge < -0.3 is 28.7 Å². The number of carbonyl (C=O) groups excluding carboxylic acids is 5. The van der Waals surface area contributed by atoms with Crippen molar-refractivity contribution in [1.82, 2.24) is 78.7 Å². The highest BCUT2D eigenvalue weighted by Gasteiger charge is 2.53. The summed E-state index contributed by atoms with van der Waals surface area (Å²) in [6.07, 6.45) is 21.2. The van der Waals surface area contributed by atoms with Gasteiger partial charge in [0.1, 0.15) is 54.1 Å². The maximum absolute atomic E-state index is 14.0. The number of nitrogens with one attached hydrogen (secondary N) is 2. The highest BCUT2D eigenvalue weighted by molar-refractivity contribution is 6.73. The first-order valence-corrected chi connectivity index (χ1v) is 47.8. The van der Waals surface area contributed by atoms with Crippen molar-refractivity contribution in [3.8, 4) is 39.8 Å². The Balaban J connectivity index is 0.000000170. The van der Waals surface area contributed by atoms with Gasteiger partial charge in [0.2, 0.25) is 0 Å². The van der Waals surface area contributed by atoms with Crippen molar-refractivity contribution in [1.29, 1.82) is 5.26 Å². The third-order valence-corrected chi connectivity index (χ3v) is 29.6. The second-order valence-electron chi connectivity index (χ2n) is 37.4. The summed E-state index contributed by atoms with van der Waals surface area (Å²) in [6.45, 7) is 21.9. The SMILES string of the molecule is CC(C)(C)C(=O)OCn1ccc2c(-c3cn[nH]c3)ncnc21.CC(C)(C)C(=O)OCn1ccc2c(-c3cnn([C@H](CC#N)C4CCCC4)c3)ncnc21.CC(C)(C)C(=O)OCn1ccc2c(-c3cnn([C@H](CC=O)C4CCCC4)c3)ncnc21.CC[Si](CC)(CC)OC(c1cc(C(F)(F)F)cc(C(F)(F)F)c1)(c1cc(C(F)(F)F)cc(C(F)(F)F)c1)[C@H]1CCCN1.O=C/C=C/C1CCCC1. The second kappa shape index (κ2) is 43.9. The zero-order valence-corrected chi connectivity index (χ0v) is 78.6. The van der Waals surface area contributed by atoms with Crippen molar-refractivity contribution >= 4 is 71.9 Å². The summed E-state index contributed by atoms with van der Waals surface area (Å²) < 4.78 is 200. The summed E-state index contributed by atoms with van der Waals surface area (Å²) in [5.41, 5.74) is -5.83. The fourth-order valence-electron chi connectivity index (χ4n) is 17.4. The van der Waals surface area contributed by atoms with E-state index in [9.17, 15) is 81.9 Å². The summed E-state index contributed by atoms with van der Waals surface area (Å²) in [4.78, 5) is 83.6. The first-order chi connectivity index (χ1) is 63.8. The van der Waals surface area contributed by atoms with Gasteiger partial charge in [0.05, 0.1) is 98.7 Å². The Labute approximate surface area is 775 Å². The van der Waals surface area contributed by atoms with E-state index in [4.69, 9.17) is 18.6 Å². The van der Waals surface area contributed by atoms with Crippen LogP contribution in [-0.2, 0) is 93.1 Å². The van der Waals surface area contributed by atoms with Crippen LogP contribution in [0.15, 0.2) is 142 Å². The highest BCUT2D eigenvalue weighted by atomic mass is 28.4. The summed E-state index contributed by atoms with van der Waals surface area (Å²) in [6, 6.07) is 8.80. The number of fused-ring (bicyclic) bond motifs is 3. The molecule has 3 atom stereocenters. The van der Waals surface area contributed by atoms with E-state index in [1.165, 1.54) is 70.3 Å². The van der Waals surface area contributed by atoms with Crippen LogP contribution in [0.4, 0.5) is 52.7 Å². The number of nitriles is 1. The molecule has 0 amide bonds. The van der Waals surface area contributed by atoms with E-state index in [0.717, 1.165) is 88.2 Å². The van der Waals surface area contributed by atoms with Crippen LogP contribution in [0.2, 0.25) is 18.1 Å². The number of nitrogens with zero attached hydrogens (tertiary/aromatic N) is 15. The molecule has 0 bridgehead atoms. The molecule has 15 rings (SSSR count). The Morgan fingerprint density at radius 2 is 0.867 bits per heavy atom. The first kappa shape index (κ1) is 104. The van der Waals surface area contributed by atoms with Crippen LogP contribution in [0.1, 0.15) is 231 Å². The predicted octanol–water partition coefficient (Wildman–Crippen LogP) is 22.7. The predicted molar refractivity (Wildman–Crippen MR) is 482 cm³/mol. The van der Waals surface area contributed by atoms with Crippen LogP contribution in [0.3, 0.4) is 0 Å². The van der Waals surface area contributed by atoms with Crippen LogP contribution >= 0.6 is 0 Å². The number of aromatic nitrogens is 15. The van der Waals surface area contributed by atoms with Crippen molar-refractivity contribution in [3.05, 3.63) is 175 Å². The number of ether oxygens (including phenoxy) is 3. The smallest absolute Gasteiger partial charge is 0.416 e. The lowest BCUT2D eigenvalue weighted by Crippen LogP contribution is -2.55. The molecule has 3 aliphatic carbocycles. The number of allylic oxidation sites excluding steroid dienone is 2. The van der Waals surface area contributed by atoms with E-state index in [0.29, 0.717) is 78.2 Å². The summed E-state index contributed by atoms with van der Waals surface area (Å²) in [5.74, 6) is 0.908. The topological polar surface area (TPSA) is 315 Å². The number of hydrogen-bond donors (Lipinski definition) is 2. The first-order valence-electron chi connectivity index (χ1n) is 45.2. The molecule has 1 saturated heterocycles. The molecule has 3 saturated carbocycles. The van der Waals surface area contributed by atoms with Crippen LogP contribution in [-0.4, -0.2) is 125 Å². The lowest BCUT2D eigenvalue weighted by Gasteiger charge is -2.47. The highest BCUT2D eigenvalue weighted by Crippen LogP contribution is 2.51. The molecule has 0 unspecified atom stereocenters. The molecule has 2 N–H and O–H groups in total. The van der Waals surface area contributed by atoms with Crippen LogP contribution in [0.25, 0.3) is 66.9 Å². The minimum atomic E-state index is -5.33. The normalized spacial score (nSPS) is 16.1. The number of alkyl halides is 12. The van der Waals surface area contributed by atoms with Crippen molar-refractivity contribution in [3.63, 3.8) is 0 Å². The molecule has 10 heterocycles. The standard InChI is InChI=1S/C27H29F12NOSi.C23H28N6O2.C23H29N5O3.C15H17N5O2.C8H12O/c1-4-42(5-2,6-3)41-23(22-8-7-9-40-22,16-10-18(24(28,29)30)14-19(11-16)25(31,32)33)17-12-20(26(34,35)36)15-21(13-17)27(37,38)39;1-23(2,3)22(30)31-15-28-11-9-18-20(25-14-26-21(18)28)17-12-27-29(13-17)19(8-10-24)16-6-4-5-7-16;1-23(2,3)22(30)31-15-27-10-8-18-20(24-14-25-21(18)27)17-12-26-28(13-17)19(9-11-29)16-6-4-5-7-16;1-15(2,3)14(21)22-9-20-5-4-11-12(10-6-18-19-7-10)16-8-17-13(11)20;9-7-3-6-8-4-1-2-5-8/h10-15,22,40H,4-9H2,1-3H3;9,11-14,16,19H,4-8,15H2,1-3H3;8,10-14,16,19H,4-7,9,15H2,1-3H3;4-8H,9H2,1-3H3,(H,18,19);3,6-8H,1-2,4-5H2/b;;;;6-3+/t22-;2*19-;;/m111../s1. The van der Waals surface area contributed by atoms with E-state index in [2.05, 4.69) is 61.7 Å². The van der Waals surface area contributed by atoms with Gasteiger partial charge in [0, 0.05) is 82.5 Å². The molecular formula is C96H115F12N17O9Si. The van der Waals surface area contributed by atoms with Gasteiger partial charge in [-0.2, -0.15) is 73.2 Å². The Morgan fingerprint density at radius 3 is 1.20 bits per heavy atom. The number of rotatable bonds is 26. The molecule has 1 aliphatic heterocycles. The quantitative estimate of drug-likeness (QED) is 0.0127. The molecule has 726 valence electrons. The maximum Gasteiger partial charge on any atom is 0.416 e. The van der Waals surface area contributed by atoms with Crippen molar-refractivity contribution in [2.45, 2.75) is 273 Å². The number of aldehydes is 2. The molecular weight excluding hydrogens is 1790 g/mol. The molecule has 2 aromatic carbocycles. The number of esters is 3. The van der Waals surface area contributed by atoms with Gasteiger partial charge in [-0.3, -0.25) is 47.3 Å².